The Kier molecular flexibility index (Phi) is 13.5. The minimum absolute atomic E-state index is 0.0549. The second-order valence-electron chi connectivity index (χ2n) is 13.1. The molecule has 4 N–H and O–H groups in total. The van der Waals surface area contributed by atoms with Crippen molar-refractivity contribution in [3.8, 4) is 0 Å². The molecular formula is C34H50N4O9S. The number of aliphatic hydroxyl groups excluding tert-OH is 1. The summed E-state index contributed by atoms with van der Waals surface area (Å²) in [5.41, 5.74) is 0.987. The average Bonchev–Trinajstić information content (AvgIpc) is 3.69. The van der Waals surface area contributed by atoms with Crippen LogP contribution >= 0.6 is 0 Å². The zero-order chi connectivity index (χ0) is 34.7. The highest BCUT2D eigenvalue weighted by molar-refractivity contribution is 7.89. The molecule has 48 heavy (non-hydrogen) atoms. The molecule has 0 unspecified atom stereocenters. The van der Waals surface area contributed by atoms with Crippen LogP contribution in [0.2, 0.25) is 0 Å². The molecule has 0 bridgehead atoms. The molecule has 2 aromatic rings. The number of anilines is 1. The summed E-state index contributed by atoms with van der Waals surface area (Å²) in [5, 5.41) is 20.2. The molecule has 13 nitrogen and oxygen atoms in total. The molecule has 2 aliphatic heterocycles. The molecule has 4 rings (SSSR count). The van der Waals surface area contributed by atoms with Crippen molar-refractivity contribution in [1.29, 1.82) is 0 Å². The number of amides is 2. The second kappa shape index (κ2) is 17.3. The molecule has 2 saturated heterocycles. The first-order valence-corrected chi connectivity index (χ1v) is 17.9. The number of methoxy groups -OCH3 is 1. The lowest BCUT2D eigenvalue weighted by atomic mass is 9.87. The van der Waals surface area contributed by atoms with Crippen LogP contribution in [0.15, 0.2) is 59.5 Å². The minimum Gasteiger partial charge on any atom is -0.453 e. The van der Waals surface area contributed by atoms with Gasteiger partial charge in [-0.3, -0.25) is 0 Å². The van der Waals surface area contributed by atoms with E-state index in [-0.39, 0.29) is 43.2 Å². The van der Waals surface area contributed by atoms with Crippen molar-refractivity contribution < 1.29 is 42.1 Å². The first kappa shape index (κ1) is 37.4. The van der Waals surface area contributed by atoms with Crippen molar-refractivity contribution in [2.24, 2.45) is 11.3 Å². The van der Waals surface area contributed by atoms with Gasteiger partial charge >= 0.3 is 12.2 Å². The summed E-state index contributed by atoms with van der Waals surface area (Å²) in [6, 6.07) is 15.0. The second-order valence-corrected chi connectivity index (χ2v) is 15.0. The number of unbranched alkanes of at least 4 members (excludes halogenated alkanes) is 1. The molecule has 0 radical (unpaired) electrons. The summed E-state index contributed by atoms with van der Waals surface area (Å²) in [6.07, 6.45) is -0.343. The van der Waals surface area contributed by atoms with Crippen LogP contribution in [0.3, 0.4) is 0 Å². The van der Waals surface area contributed by atoms with E-state index in [2.05, 4.69) is 20.7 Å². The largest absolute Gasteiger partial charge is 0.453 e. The van der Waals surface area contributed by atoms with Gasteiger partial charge in [-0.15, -0.1) is 0 Å². The van der Waals surface area contributed by atoms with Crippen molar-refractivity contribution in [3.05, 3.63) is 60.2 Å². The van der Waals surface area contributed by atoms with Crippen LogP contribution < -0.4 is 16.0 Å². The number of rotatable bonds is 17. The van der Waals surface area contributed by atoms with Crippen LogP contribution in [0.5, 0.6) is 0 Å². The maximum absolute atomic E-state index is 14.2. The van der Waals surface area contributed by atoms with E-state index in [0.29, 0.717) is 31.7 Å². The number of ether oxygens (including phenoxy) is 4. The standard InChI is InChI=1S/C34H50N4O9S/c1-34(2,16-8-9-17-36-32(40)44-4)23-38(48(42,43)26-14-10-13-25(20-26)35-3)21-29(39)28(19-24-11-6-5-7-12-24)37-33(41)47-30-22-46-31-27(30)15-18-45-31/h5-7,10-14,20,27-31,35,39H,8-9,15-19,21-23H2,1-4H3,(H,36,40)(H,37,41)/t27-,28-,29+,30-,31+/m0/s1. The van der Waals surface area contributed by atoms with Crippen LogP contribution in [0, 0.1) is 11.3 Å². The lowest BCUT2D eigenvalue weighted by molar-refractivity contribution is -0.0907. The number of aliphatic hydroxyl groups is 1. The zero-order valence-electron chi connectivity index (χ0n) is 28.2. The van der Waals surface area contributed by atoms with E-state index in [9.17, 15) is 23.1 Å². The molecule has 0 spiro atoms. The van der Waals surface area contributed by atoms with Crippen molar-refractivity contribution in [1.82, 2.24) is 14.9 Å². The van der Waals surface area contributed by atoms with Gasteiger partial charge in [-0.1, -0.05) is 56.7 Å². The molecule has 2 aliphatic rings. The summed E-state index contributed by atoms with van der Waals surface area (Å²) in [6.45, 7) is 4.97. The number of benzene rings is 2. The molecule has 0 aromatic heterocycles. The van der Waals surface area contributed by atoms with Crippen LogP contribution in [0.25, 0.3) is 0 Å². The Hall–Kier alpha value is -3.43. The predicted molar refractivity (Wildman–Crippen MR) is 180 cm³/mol. The smallest absolute Gasteiger partial charge is 0.407 e. The lowest BCUT2D eigenvalue weighted by Gasteiger charge is -2.35. The molecule has 266 valence electrons. The van der Waals surface area contributed by atoms with Gasteiger partial charge < -0.3 is 40.0 Å². The average molecular weight is 691 g/mol. The Bertz CT molecular complexity index is 1440. The maximum atomic E-state index is 14.2. The first-order valence-electron chi connectivity index (χ1n) is 16.4. The molecule has 2 heterocycles. The number of sulfonamides is 1. The van der Waals surface area contributed by atoms with Gasteiger partial charge in [0, 0.05) is 32.4 Å². The zero-order valence-corrected chi connectivity index (χ0v) is 29.0. The summed E-state index contributed by atoms with van der Waals surface area (Å²) in [7, 11) is -1.07. The van der Waals surface area contributed by atoms with Gasteiger partial charge in [-0.2, -0.15) is 4.31 Å². The number of alkyl carbamates (subject to hydrolysis) is 2. The number of nitrogens with zero attached hydrogens (tertiary/aromatic N) is 1. The Morgan fingerprint density at radius 3 is 2.58 bits per heavy atom. The third kappa shape index (κ3) is 10.5. The van der Waals surface area contributed by atoms with E-state index in [1.54, 1.807) is 25.2 Å². The summed E-state index contributed by atoms with van der Waals surface area (Å²) < 4.78 is 51.3. The Balaban J connectivity index is 1.53. The molecule has 0 aliphatic carbocycles. The van der Waals surface area contributed by atoms with Crippen LogP contribution in [0.1, 0.15) is 45.1 Å². The number of fused-ring (bicyclic) bond motifs is 1. The minimum atomic E-state index is -4.09. The fourth-order valence-electron chi connectivity index (χ4n) is 6.11. The van der Waals surface area contributed by atoms with Gasteiger partial charge in [0.05, 0.1) is 43.3 Å². The molecule has 5 atom stereocenters. The third-order valence-electron chi connectivity index (χ3n) is 8.80. The summed E-state index contributed by atoms with van der Waals surface area (Å²) >= 11 is 0. The van der Waals surface area contributed by atoms with Gasteiger partial charge in [-0.05, 0) is 54.9 Å². The highest BCUT2D eigenvalue weighted by atomic mass is 32.2. The van der Waals surface area contributed by atoms with Crippen molar-refractivity contribution in [2.75, 3.05) is 52.3 Å². The normalized spacial score (nSPS) is 20.5. The first-order chi connectivity index (χ1) is 22.9. The van der Waals surface area contributed by atoms with Crippen LogP contribution in [-0.4, -0.2) is 102 Å². The van der Waals surface area contributed by atoms with E-state index in [1.165, 1.54) is 17.5 Å². The summed E-state index contributed by atoms with van der Waals surface area (Å²) in [4.78, 5) is 24.7. The van der Waals surface area contributed by atoms with Gasteiger partial charge in [-0.25, -0.2) is 18.0 Å². The predicted octanol–water partition coefficient (Wildman–Crippen LogP) is 3.73. The molecule has 2 fully saturated rings. The molecular weight excluding hydrogens is 640 g/mol. The number of carbonyl (C=O) groups excluding carboxylic acids is 2. The Morgan fingerprint density at radius 1 is 1.08 bits per heavy atom. The quantitative estimate of drug-likeness (QED) is 0.180. The number of hydrogen-bond donors (Lipinski definition) is 4. The van der Waals surface area contributed by atoms with Gasteiger partial charge in [0.1, 0.15) is 6.10 Å². The van der Waals surface area contributed by atoms with E-state index in [4.69, 9.17) is 14.2 Å². The van der Waals surface area contributed by atoms with E-state index < -0.39 is 45.9 Å². The maximum Gasteiger partial charge on any atom is 0.407 e. The lowest BCUT2D eigenvalue weighted by Crippen LogP contribution is -2.52. The fraction of sp³-hybridized carbons (Fsp3) is 0.588. The van der Waals surface area contributed by atoms with Crippen molar-refractivity contribution in [2.45, 2.75) is 75.4 Å². The molecule has 14 heteroatoms. The Morgan fingerprint density at radius 2 is 1.85 bits per heavy atom. The van der Waals surface area contributed by atoms with Crippen molar-refractivity contribution >= 4 is 27.9 Å². The van der Waals surface area contributed by atoms with E-state index in [1.807, 2.05) is 44.2 Å². The third-order valence-corrected chi connectivity index (χ3v) is 10.6. The highest BCUT2D eigenvalue weighted by Crippen LogP contribution is 2.33. The Labute approximate surface area is 283 Å². The molecule has 2 amide bonds. The van der Waals surface area contributed by atoms with Crippen LogP contribution in [-0.2, 0) is 35.4 Å². The molecule has 2 aromatic carbocycles. The highest BCUT2D eigenvalue weighted by Gasteiger charge is 2.44. The van der Waals surface area contributed by atoms with E-state index in [0.717, 1.165) is 18.4 Å². The fourth-order valence-corrected chi connectivity index (χ4v) is 7.81. The number of hydrogen-bond acceptors (Lipinski definition) is 10. The topological polar surface area (TPSA) is 165 Å². The summed E-state index contributed by atoms with van der Waals surface area (Å²) in [5.74, 6) is -0.0549. The van der Waals surface area contributed by atoms with Gasteiger partial charge in [0.15, 0.2) is 6.29 Å². The van der Waals surface area contributed by atoms with Crippen molar-refractivity contribution in [3.63, 3.8) is 0 Å². The van der Waals surface area contributed by atoms with Gasteiger partial charge in [0.25, 0.3) is 0 Å². The molecule has 0 saturated carbocycles. The number of carbonyl (C=O) groups is 2. The SMILES string of the molecule is CNc1cccc(S(=O)(=O)N(C[C@@H](O)[C@H](Cc2ccccc2)NC(=O)O[C@H]2CO[C@H]3OCC[C@H]32)CC(C)(C)CCCCNC(=O)OC)c1. The van der Waals surface area contributed by atoms with E-state index >= 15 is 0 Å². The van der Waals surface area contributed by atoms with Gasteiger partial charge in [0.2, 0.25) is 10.0 Å². The monoisotopic (exact) mass is 690 g/mol. The number of nitrogens with one attached hydrogen (secondary N) is 3. The van der Waals surface area contributed by atoms with Crippen LogP contribution in [0.4, 0.5) is 15.3 Å².